The predicted molar refractivity (Wildman–Crippen MR) is 61.3 cm³/mol. The van der Waals surface area contributed by atoms with Gasteiger partial charge in [-0.2, -0.15) is 0 Å². The van der Waals surface area contributed by atoms with E-state index in [4.69, 9.17) is 0 Å². The van der Waals surface area contributed by atoms with Gasteiger partial charge in [-0.05, 0) is 49.4 Å². The molecule has 0 aliphatic rings. The summed E-state index contributed by atoms with van der Waals surface area (Å²) in [6, 6.07) is 4.57. The third-order valence-corrected chi connectivity index (χ3v) is 2.33. The molecule has 0 spiro atoms. The largest absolute Gasteiger partial charge is 0.106 e. The maximum absolute atomic E-state index is 3.00. The van der Waals surface area contributed by atoms with Crippen LogP contribution < -0.4 is 0 Å². The minimum Gasteiger partial charge on any atom is -0.106 e. The number of hydrogen-bond donors (Lipinski definition) is 0. The fraction of sp³-hybridized carbons (Fsp3) is 0.385. The van der Waals surface area contributed by atoms with E-state index in [1.54, 1.807) is 0 Å². The van der Waals surface area contributed by atoms with E-state index < -0.39 is 0 Å². The topological polar surface area (TPSA) is 0 Å². The minimum absolute atomic E-state index is 1.15. The second-order valence-electron chi connectivity index (χ2n) is 3.22. The number of aryl methyl sites for hydroxylation is 4. The van der Waals surface area contributed by atoms with Gasteiger partial charge in [0.25, 0.3) is 0 Å². The molecule has 0 fully saturated rings. The monoisotopic (exact) mass is 176 g/mol. The van der Waals surface area contributed by atoms with Gasteiger partial charge in [0.2, 0.25) is 0 Å². The van der Waals surface area contributed by atoms with Crippen molar-refractivity contribution in [1.82, 2.24) is 0 Å². The Hall–Kier alpha value is -1.04. The van der Waals surface area contributed by atoms with Gasteiger partial charge >= 0.3 is 0 Å². The SMILES string of the molecule is C=C.CCc1cc(C)c(C)cc1C. The molecular formula is C13H20. The molecular weight excluding hydrogens is 156 g/mol. The van der Waals surface area contributed by atoms with Crippen LogP contribution in [0.1, 0.15) is 29.2 Å². The molecule has 0 unspecified atom stereocenters. The molecule has 0 heteroatoms. The quantitative estimate of drug-likeness (QED) is 0.568. The Morgan fingerprint density at radius 3 is 1.85 bits per heavy atom. The fourth-order valence-electron chi connectivity index (χ4n) is 1.40. The first-order valence-corrected chi connectivity index (χ1v) is 4.72. The first-order chi connectivity index (χ1) is 6.15. The second-order valence-corrected chi connectivity index (χ2v) is 3.22. The Morgan fingerprint density at radius 1 is 0.923 bits per heavy atom. The Balaban J connectivity index is 0.000000671. The van der Waals surface area contributed by atoms with Gasteiger partial charge in [-0.25, -0.2) is 0 Å². The maximum Gasteiger partial charge on any atom is -0.0305 e. The van der Waals surface area contributed by atoms with Gasteiger partial charge in [0.15, 0.2) is 0 Å². The first-order valence-electron chi connectivity index (χ1n) is 4.72. The molecule has 0 radical (unpaired) electrons. The summed E-state index contributed by atoms with van der Waals surface area (Å²) in [7, 11) is 0. The maximum atomic E-state index is 3.00. The molecule has 0 aliphatic carbocycles. The van der Waals surface area contributed by atoms with Crippen molar-refractivity contribution in [3.05, 3.63) is 47.5 Å². The highest BCUT2D eigenvalue weighted by Crippen LogP contribution is 2.15. The summed E-state index contributed by atoms with van der Waals surface area (Å²) in [6.45, 7) is 14.7. The van der Waals surface area contributed by atoms with E-state index in [1.807, 2.05) is 0 Å². The molecule has 0 aliphatic heterocycles. The molecule has 0 N–H and O–H groups in total. The number of rotatable bonds is 1. The van der Waals surface area contributed by atoms with E-state index in [1.165, 1.54) is 22.3 Å². The average molecular weight is 176 g/mol. The van der Waals surface area contributed by atoms with Crippen LogP contribution in [0.15, 0.2) is 25.3 Å². The van der Waals surface area contributed by atoms with Gasteiger partial charge in [0.1, 0.15) is 0 Å². The third kappa shape index (κ3) is 3.06. The van der Waals surface area contributed by atoms with Crippen LogP contribution in [0.4, 0.5) is 0 Å². The first kappa shape index (κ1) is 12.0. The van der Waals surface area contributed by atoms with Crippen molar-refractivity contribution in [2.24, 2.45) is 0 Å². The lowest BCUT2D eigenvalue weighted by molar-refractivity contribution is 1.09. The summed E-state index contributed by atoms with van der Waals surface area (Å²) >= 11 is 0. The second kappa shape index (κ2) is 5.58. The summed E-state index contributed by atoms with van der Waals surface area (Å²) < 4.78 is 0. The molecule has 13 heavy (non-hydrogen) atoms. The highest BCUT2D eigenvalue weighted by Gasteiger charge is 1.98. The van der Waals surface area contributed by atoms with Crippen LogP contribution in [0.3, 0.4) is 0 Å². The molecule has 72 valence electrons. The molecule has 1 rings (SSSR count). The molecule has 0 saturated heterocycles. The van der Waals surface area contributed by atoms with Crippen molar-refractivity contribution in [3.8, 4) is 0 Å². The normalized spacial score (nSPS) is 8.92. The van der Waals surface area contributed by atoms with Gasteiger partial charge < -0.3 is 0 Å². The van der Waals surface area contributed by atoms with Crippen LogP contribution in [0.5, 0.6) is 0 Å². The van der Waals surface area contributed by atoms with Crippen LogP contribution in [0, 0.1) is 20.8 Å². The number of benzene rings is 1. The average Bonchev–Trinajstić information content (AvgIpc) is 2.15. The van der Waals surface area contributed by atoms with E-state index in [9.17, 15) is 0 Å². The Bertz CT molecular complexity index is 272. The lowest BCUT2D eigenvalue weighted by Gasteiger charge is -2.06. The summed E-state index contributed by atoms with van der Waals surface area (Å²) in [6.07, 6.45) is 1.15. The minimum atomic E-state index is 1.15. The van der Waals surface area contributed by atoms with Crippen molar-refractivity contribution in [2.75, 3.05) is 0 Å². The highest BCUT2D eigenvalue weighted by atomic mass is 14.0. The van der Waals surface area contributed by atoms with Gasteiger partial charge in [0, 0.05) is 0 Å². The van der Waals surface area contributed by atoms with E-state index in [0.29, 0.717) is 0 Å². The molecule has 0 bridgehead atoms. The molecule has 0 amide bonds. The van der Waals surface area contributed by atoms with Crippen molar-refractivity contribution in [3.63, 3.8) is 0 Å². The van der Waals surface area contributed by atoms with Gasteiger partial charge in [-0.1, -0.05) is 19.1 Å². The van der Waals surface area contributed by atoms with Gasteiger partial charge in [-0.15, -0.1) is 13.2 Å². The highest BCUT2D eigenvalue weighted by molar-refractivity contribution is 5.36. The Labute approximate surface area is 82.3 Å². The van der Waals surface area contributed by atoms with E-state index in [2.05, 4.69) is 53.0 Å². The third-order valence-electron chi connectivity index (χ3n) is 2.33. The molecule has 0 saturated carbocycles. The van der Waals surface area contributed by atoms with Crippen molar-refractivity contribution in [1.29, 1.82) is 0 Å². The van der Waals surface area contributed by atoms with Crippen LogP contribution in [-0.2, 0) is 6.42 Å². The summed E-state index contributed by atoms with van der Waals surface area (Å²) in [4.78, 5) is 0. The van der Waals surface area contributed by atoms with Crippen LogP contribution in [-0.4, -0.2) is 0 Å². The van der Waals surface area contributed by atoms with Crippen LogP contribution >= 0.6 is 0 Å². The smallest absolute Gasteiger partial charge is 0.0305 e. The standard InChI is InChI=1S/C11H16.C2H4/c1-5-11-7-9(3)8(2)6-10(11)4;1-2/h6-7H,5H2,1-4H3;1-2H2. The van der Waals surface area contributed by atoms with Crippen molar-refractivity contribution in [2.45, 2.75) is 34.1 Å². The van der Waals surface area contributed by atoms with E-state index >= 15 is 0 Å². The van der Waals surface area contributed by atoms with Crippen molar-refractivity contribution >= 4 is 0 Å². The lowest BCUT2D eigenvalue weighted by Crippen LogP contribution is -1.90. The predicted octanol–water partition coefficient (Wildman–Crippen LogP) is 3.98. The van der Waals surface area contributed by atoms with E-state index in [0.717, 1.165) is 6.42 Å². The fourth-order valence-corrected chi connectivity index (χ4v) is 1.40. The van der Waals surface area contributed by atoms with Gasteiger partial charge in [-0.3, -0.25) is 0 Å². The zero-order valence-electron chi connectivity index (χ0n) is 9.28. The van der Waals surface area contributed by atoms with E-state index in [-0.39, 0.29) is 0 Å². The number of hydrogen-bond acceptors (Lipinski definition) is 0. The zero-order valence-corrected chi connectivity index (χ0v) is 9.28. The molecule has 0 heterocycles. The molecule has 0 aromatic heterocycles. The summed E-state index contributed by atoms with van der Waals surface area (Å²) in [5.74, 6) is 0. The molecule has 0 atom stereocenters. The molecule has 1 aromatic carbocycles. The van der Waals surface area contributed by atoms with Crippen molar-refractivity contribution < 1.29 is 0 Å². The zero-order chi connectivity index (χ0) is 10.4. The Morgan fingerprint density at radius 2 is 1.38 bits per heavy atom. The summed E-state index contributed by atoms with van der Waals surface area (Å²) in [5.41, 5.74) is 5.72. The van der Waals surface area contributed by atoms with Gasteiger partial charge in [0.05, 0.1) is 0 Å². The molecule has 0 nitrogen and oxygen atoms in total. The lowest BCUT2D eigenvalue weighted by atomic mass is 9.99. The van der Waals surface area contributed by atoms with Crippen LogP contribution in [0.2, 0.25) is 0 Å². The van der Waals surface area contributed by atoms with Crippen LogP contribution in [0.25, 0.3) is 0 Å². The molecule has 1 aromatic rings. The summed E-state index contributed by atoms with van der Waals surface area (Å²) in [5, 5.41) is 0. The Kier molecular flexibility index (Phi) is 5.13.